The zero-order valence-electron chi connectivity index (χ0n) is 17.5. The fourth-order valence-corrected chi connectivity index (χ4v) is 3.98. The molecule has 1 aliphatic rings. The van der Waals surface area contributed by atoms with E-state index >= 15 is 0 Å². The lowest BCUT2D eigenvalue weighted by Gasteiger charge is -2.16. The number of hydrogen-bond acceptors (Lipinski definition) is 6. The maximum atomic E-state index is 12.6. The second kappa shape index (κ2) is 7.16. The molecule has 0 bridgehead atoms. The first-order valence-corrected chi connectivity index (χ1v) is 10.1. The van der Waals surface area contributed by atoms with Crippen LogP contribution in [0, 0.1) is 13.8 Å². The number of carbonyl (C=O) groups excluding carboxylic acids is 1. The second-order valence-corrected chi connectivity index (χ2v) is 7.96. The number of aromatic nitrogens is 4. The highest BCUT2D eigenvalue weighted by molar-refractivity contribution is 5.96. The maximum Gasteiger partial charge on any atom is 0.272 e. The summed E-state index contributed by atoms with van der Waals surface area (Å²) in [4.78, 5) is 35.4. The predicted molar refractivity (Wildman–Crippen MR) is 116 cm³/mol. The highest BCUT2D eigenvalue weighted by Crippen LogP contribution is 2.32. The van der Waals surface area contributed by atoms with Gasteiger partial charge in [0.1, 0.15) is 5.69 Å². The Morgan fingerprint density at radius 3 is 2.58 bits per heavy atom. The summed E-state index contributed by atoms with van der Waals surface area (Å²) in [7, 11) is 1.72. The van der Waals surface area contributed by atoms with Gasteiger partial charge in [0, 0.05) is 31.3 Å². The van der Waals surface area contributed by atoms with Gasteiger partial charge >= 0.3 is 0 Å². The van der Waals surface area contributed by atoms with Crippen LogP contribution < -0.4 is 10.5 Å². The summed E-state index contributed by atoms with van der Waals surface area (Å²) in [5, 5.41) is 4.12. The SMILES string of the molecule is Cc1ccc(N2CC(c3nc(-c4ccc5c(c4)nc(C)c(=O)n5C)no3)CC2=O)cc1. The molecule has 2 aromatic carbocycles. The Bertz CT molecular complexity index is 1370. The number of hydrogen-bond donors (Lipinski definition) is 0. The minimum atomic E-state index is -0.156. The van der Waals surface area contributed by atoms with Crippen LogP contribution in [0.2, 0.25) is 0 Å². The molecule has 4 aromatic rings. The molecule has 0 spiro atoms. The van der Waals surface area contributed by atoms with Crippen LogP contribution in [0.3, 0.4) is 0 Å². The fourth-order valence-electron chi connectivity index (χ4n) is 3.98. The van der Waals surface area contributed by atoms with Gasteiger partial charge in [-0.25, -0.2) is 4.98 Å². The van der Waals surface area contributed by atoms with Gasteiger partial charge in [-0.3, -0.25) is 9.59 Å². The Labute approximate surface area is 178 Å². The number of aryl methyl sites for hydroxylation is 3. The zero-order valence-corrected chi connectivity index (χ0v) is 17.5. The van der Waals surface area contributed by atoms with Crippen LogP contribution in [0.25, 0.3) is 22.4 Å². The number of amides is 1. The molecule has 31 heavy (non-hydrogen) atoms. The number of fused-ring (bicyclic) bond motifs is 1. The summed E-state index contributed by atoms with van der Waals surface area (Å²) in [5.74, 6) is 0.769. The Morgan fingerprint density at radius 2 is 1.81 bits per heavy atom. The molecule has 8 nitrogen and oxygen atoms in total. The first kappa shape index (κ1) is 19.2. The van der Waals surface area contributed by atoms with Crippen LogP contribution >= 0.6 is 0 Å². The number of rotatable bonds is 3. The van der Waals surface area contributed by atoms with E-state index < -0.39 is 0 Å². The van der Waals surface area contributed by atoms with E-state index in [0.717, 1.165) is 22.3 Å². The quantitative estimate of drug-likeness (QED) is 0.510. The van der Waals surface area contributed by atoms with Crippen molar-refractivity contribution in [3.05, 3.63) is 70.0 Å². The van der Waals surface area contributed by atoms with Crippen molar-refractivity contribution in [1.29, 1.82) is 0 Å². The van der Waals surface area contributed by atoms with Crippen LogP contribution in [-0.4, -0.2) is 32.1 Å². The molecule has 5 rings (SSSR count). The second-order valence-electron chi connectivity index (χ2n) is 7.96. The van der Waals surface area contributed by atoms with Crippen molar-refractivity contribution in [2.24, 2.45) is 7.05 Å². The fraction of sp³-hybridized carbons (Fsp3) is 0.261. The largest absolute Gasteiger partial charge is 0.339 e. The van der Waals surface area contributed by atoms with Gasteiger partial charge in [-0.05, 0) is 44.2 Å². The minimum absolute atomic E-state index is 0.0416. The Kier molecular flexibility index (Phi) is 4.43. The van der Waals surface area contributed by atoms with Gasteiger partial charge in [0.05, 0.1) is 17.0 Å². The molecule has 1 saturated heterocycles. The monoisotopic (exact) mass is 415 g/mol. The van der Waals surface area contributed by atoms with Crippen LogP contribution in [0.4, 0.5) is 5.69 Å². The molecule has 0 aliphatic carbocycles. The minimum Gasteiger partial charge on any atom is -0.339 e. The number of benzene rings is 2. The number of nitrogens with zero attached hydrogens (tertiary/aromatic N) is 5. The van der Waals surface area contributed by atoms with Crippen molar-refractivity contribution >= 4 is 22.6 Å². The average molecular weight is 415 g/mol. The van der Waals surface area contributed by atoms with E-state index in [0.29, 0.717) is 35.9 Å². The highest BCUT2D eigenvalue weighted by atomic mass is 16.5. The zero-order chi connectivity index (χ0) is 21.7. The molecule has 3 heterocycles. The molecule has 1 atom stereocenters. The van der Waals surface area contributed by atoms with Gasteiger partial charge in [0.2, 0.25) is 17.6 Å². The van der Waals surface area contributed by atoms with Crippen LogP contribution in [-0.2, 0) is 11.8 Å². The van der Waals surface area contributed by atoms with Crippen molar-refractivity contribution in [2.75, 3.05) is 11.4 Å². The van der Waals surface area contributed by atoms with Gasteiger partial charge in [-0.15, -0.1) is 0 Å². The summed E-state index contributed by atoms with van der Waals surface area (Å²) in [6.07, 6.45) is 0.329. The summed E-state index contributed by atoms with van der Waals surface area (Å²) in [6.45, 7) is 4.21. The van der Waals surface area contributed by atoms with Gasteiger partial charge < -0.3 is 14.0 Å². The first-order valence-electron chi connectivity index (χ1n) is 10.1. The Hall–Kier alpha value is -3.81. The molecule has 1 fully saturated rings. The normalized spacial score (nSPS) is 16.4. The standard InChI is InChI=1S/C23H21N5O3/c1-13-4-7-17(8-5-13)28-12-16(11-20(28)29)22-25-21(26-31-22)15-6-9-19-18(10-15)24-14(2)23(30)27(19)3/h4-10,16H,11-12H2,1-3H3. The molecular formula is C23H21N5O3. The van der Waals surface area contributed by atoms with E-state index in [1.165, 1.54) is 0 Å². The van der Waals surface area contributed by atoms with Gasteiger partial charge in [0.25, 0.3) is 5.56 Å². The van der Waals surface area contributed by atoms with Crippen molar-refractivity contribution < 1.29 is 9.32 Å². The van der Waals surface area contributed by atoms with Crippen LogP contribution in [0.1, 0.15) is 29.5 Å². The molecule has 1 amide bonds. The highest BCUT2D eigenvalue weighted by Gasteiger charge is 2.35. The maximum absolute atomic E-state index is 12.6. The van der Waals surface area contributed by atoms with Gasteiger partial charge in [0.15, 0.2) is 0 Å². The summed E-state index contributed by atoms with van der Waals surface area (Å²) in [6, 6.07) is 13.4. The average Bonchev–Trinajstić information content (AvgIpc) is 3.39. The van der Waals surface area contributed by atoms with E-state index in [4.69, 9.17) is 4.52 Å². The van der Waals surface area contributed by atoms with Gasteiger partial charge in [-0.1, -0.05) is 22.9 Å². The lowest BCUT2D eigenvalue weighted by Crippen LogP contribution is -2.24. The number of carbonyl (C=O) groups is 1. The van der Waals surface area contributed by atoms with E-state index in [9.17, 15) is 9.59 Å². The van der Waals surface area contributed by atoms with Crippen molar-refractivity contribution in [1.82, 2.24) is 19.7 Å². The molecule has 156 valence electrons. The number of anilines is 1. The Morgan fingerprint density at radius 1 is 1.03 bits per heavy atom. The lowest BCUT2D eigenvalue weighted by molar-refractivity contribution is -0.117. The third-order valence-electron chi connectivity index (χ3n) is 5.76. The molecule has 1 aliphatic heterocycles. The smallest absolute Gasteiger partial charge is 0.272 e. The van der Waals surface area contributed by atoms with E-state index in [1.807, 2.05) is 49.4 Å². The molecule has 1 unspecified atom stereocenters. The molecular weight excluding hydrogens is 394 g/mol. The summed E-state index contributed by atoms with van der Waals surface area (Å²) in [5.41, 5.74) is 4.50. The summed E-state index contributed by atoms with van der Waals surface area (Å²) >= 11 is 0. The molecule has 0 saturated carbocycles. The van der Waals surface area contributed by atoms with Crippen molar-refractivity contribution in [3.63, 3.8) is 0 Å². The lowest BCUT2D eigenvalue weighted by atomic mass is 10.1. The van der Waals surface area contributed by atoms with Crippen molar-refractivity contribution in [3.8, 4) is 11.4 Å². The first-order chi connectivity index (χ1) is 14.9. The third kappa shape index (κ3) is 3.30. The molecule has 0 N–H and O–H groups in total. The van der Waals surface area contributed by atoms with E-state index in [2.05, 4.69) is 15.1 Å². The predicted octanol–water partition coefficient (Wildman–Crippen LogP) is 3.12. The van der Waals surface area contributed by atoms with Crippen molar-refractivity contribution in [2.45, 2.75) is 26.2 Å². The van der Waals surface area contributed by atoms with E-state index in [1.54, 1.807) is 23.4 Å². The topological polar surface area (TPSA) is 94.1 Å². The Balaban J connectivity index is 1.43. The summed E-state index contributed by atoms with van der Waals surface area (Å²) < 4.78 is 7.09. The third-order valence-corrected chi connectivity index (χ3v) is 5.76. The molecule has 8 heteroatoms. The van der Waals surface area contributed by atoms with E-state index in [-0.39, 0.29) is 17.4 Å². The van der Waals surface area contributed by atoms with Crippen LogP contribution in [0.5, 0.6) is 0 Å². The molecule has 2 aromatic heterocycles. The van der Waals surface area contributed by atoms with Crippen LogP contribution in [0.15, 0.2) is 51.8 Å². The van der Waals surface area contributed by atoms with Gasteiger partial charge in [-0.2, -0.15) is 4.98 Å². The molecule has 0 radical (unpaired) electrons.